The van der Waals surface area contributed by atoms with Crippen LogP contribution >= 0.6 is 0 Å². The summed E-state index contributed by atoms with van der Waals surface area (Å²) >= 11 is 0. The van der Waals surface area contributed by atoms with Gasteiger partial charge in [-0.3, -0.25) is 4.98 Å². The molecule has 2 aromatic rings. The Morgan fingerprint density at radius 2 is 2.05 bits per heavy atom. The smallest absolute Gasteiger partial charge is 0.128 e. The molecule has 0 spiro atoms. The second kappa shape index (κ2) is 4.67. The van der Waals surface area contributed by atoms with Crippen LogP contribution in [0.25, 0.3) is 0 Å². The number of nitrogens with zero attached hydrogens (tertiary/aromatic N) is 1. The van der Waals surface area contributed by atoms with Crippen molar-refractivity contribution in [1.82, 2.24) is 4.98 Å². The molecule has 0 aliphatic carbocycles. The lowest BCUT2D eigenvalue weighted by Gasteiger charge is -2.30. The third-order valence-corrected chi connectivity index (χ3v) is 3.66. The second-order valence-electron chi connectivity index (χ2n) is 5.13. The Labute approximate surface area is 112 Å². The highest BCUT2D eigenvalue weighted by Crippen LogP contribution is 2.41. The Kier molecular flexibility index (Phi) is 2.99. The summed E-state index contributed by atoms with van der Waals surface area (Å²) in [7, 11) is 0. The minimum Gasteiger partial charge on any atom is -0.485 e. The van der Waals surface area contributed by atoms with Gasteiger partial charge in [-0.05, 0) is 37.6 Å². The molecule has 1 aliphatic heterocycles. The molecule has 3 nitrogen and oxygen atoms in total. The number of hydrogen-bond acceptors (Lipinski definition) is 3. The van der Waals surface area contributed by atoms with Gasteiger partial charge >= 0.3 is 0 Å². The van der Waals surface area contributed by atoms with Crippen molar-refractivity contribution in [2.45, 2.75) is 32.5 Å². The van der Waals surface area contributed by atoms with Crippen molar-refractivity contribution >= 4 is 0 Å². The van der Waals surface area contributed by atoms with E-state index in [1.54, 1.807) is 6.20 Å². The molecule has 0 radical (unpaired) electrons. The van der Waals surface area contributed by atoms with E-state index in [2.05, 4.69) is 4.98 Å². The van der Waals surface area contributed by atoms with E-state index in [4.69, 9.17) is 4.74 Å². The quantitative estimate of drug-likeness (QED) is 0.850. The summed E-state index contributed by atoms with van der Waals surface area (Å²) in [4.78, 5) is 4.15. The van der Waals surface area contributed by atoms with Crippen molar-refractivity contribution in [3.8, 4) is 5.75 Å². The topological polar surface area (TPSA) is 42.4 Å². The van der Waals surface area contributed by atoms with Gasteiger partial charge in [-0.2, -0.15) is 0 Å². The van der Waals surface area contributed by atoms with E-state index < -0.39 is 6.10 Å². The fraction of sp³-hybridized carbons (Fsp3) is 0.312. The molecule has 98 valence electrons. The van der Waals surface area contributed by atoms with Gasteiger partial charge in [-0.25, -0.2) is 0 Å². The molecule has 0 fully saturated rings. The fourth-order valence-corrected chi connectivity index (χ4v) is 2.57. The molecule has 0 amide bonds. The number of ether oxygens (including phenoxy) is 1. The van der Waals surface area contributed by atoms with Crippen LogP contribution in [-0.2, 0) is 0 Å². The number of aromatic nitrogens is 1. The number of aryl methyl sites for hydroxylation is 2. The molecule has 2 heterocycles. The van der Waals surface area contributed by atoms with Crippen LogP contribution in [0.5, 0.6) is 5.75 Å². The van der Waals surface area contributed by atoms with E-state index in [1.165, 1.54) is 0 Å². The molecule has 3 rings (SSSR count). The maximum absolute atomic E-state index is 10.3. The number of benzene rings is 1. The first kappa shape index (κ1) is 12.2. The van der Waals surface area contributed by atoms with Crippen molar-refractivity contribution < 1.29 is 9.84 Å². The summed E-state index contributed by atoms with van der Waals surface area (Å²) in [5.41, 5.74) is 4.21. The van der Waals surface area contributed by atoms with Gasteiger partial charge in [0.2, 0.25) is 0 Å². The Hall–Kier alpha value is -1.87. The highest BCUT2D eigenvalue weighted by molar-refractivity contribution is 5.41. The first-order chi connectivity index (χ1) is 9.15. The normalized spacial score (nSPS) is 21.6. The maximum atomic E-state index is 10.3. The monoisotopic (exact) mass is 255 g/mol. The first-order valence-corrected chi connectivity index (χ1v) is 6.51. The molecule has 3 heteroatoms. The molecular formula is C16H17NO2. The summed E-state index contributed by atoms with van der Waals surface area (Å²) in [6.45, 7) is 4.06. The van der Waals surface area contributed by atoms with Gasteiger partial charge in [-0.1, -0.05) is 11.6 Å². The lowest BCUT2D eigenvalue weighted by Crippen LogP contribution is -2.20. The summed E-state index contributed by atoms with van der Waals surface area (Å²) in [5, 5.41) is 10.3. The minimum atomic E-state index is -0.478. The van der Waals surface area contributed by atoms with Crippen molar-refractivity contribution in [2.75, 3.05) is 0 Å². The first-order valence-electron chi connectivity index (χ1n) is 6.51. The van der Waals surface area contributed by atoms with E-state index in [-0.39, 0.29) is 6.10 Å². The standard InChI is InChI=1S/C16H17NO2/c1-10-3-4-15-12(7-10)14(18)8-16(19-15)13-9-17-6-5-11(13)2/h3-7,9,14,16,18H,8H2,1-2H3/t14-,16?/m0/s1. The summed E-state index contributed by atoms with van der Waals surface area (Å²) in [6.07, 6.45) is 3.57. The lowest BCUT2D eigenvalue weighted by molar-refractivity contribution is 0.0652. The largest absolute Gasteiger partial charge is 0.485 e. The van der Waals surface area contributed by atoms with Crippen molar-refractivity contribution in [1.29, 1.82) is 0 Å². The maximum Gasteiger partial charge on any atom is 0.128 e. The molecule has 19 heavy (non-hydrogen) atoms. The highest BCUT2D eigenvalue weighted by Gasteiger charge is 2.28. The van der Waals surface area contributed by atoms with Gasteiger partial charge in [-0.15, -0.1) is 0 Å². The predicted octanol–water partition coefficient (Wildman–Crippen LogP) is 3.26. The SMILES string of the molecule is Cc1ccc2c(c1)[C@@H](O)CC(c1cnccc1C)O2. The number of pyridine rings is 1. The van der Waals surface area contributed by atoms with Crippen molar-refractivity contribution in [3.05, 3.63) is 58.9 Å². The van der Waals surface area contributed by atoms with E-state index in [0.29, 0.717) is 6.42 Å². The number of hydrogen-bond donors (Lipinski definition) is 1. The van der Waals surface area contributed by atoms with Crippen molar-refractivity contribution in [2.24, 2.45) is 0 Å². The van der Waals surface area contributed by atoms with E-state index in [9.17, 15) is 5.11 Å². The molecule has 1 aliphatic rings. The van der Waals surface area contributed by atoms with Gasteiger partial charge in [0, 0.05) is 29.9 Å². The zero-order valence-electron chi connectivity index (χ0n) is 11.1. The van der Waals surface area contributed by atoms with Crippen molar-refractivity contribution in [3.63, 3.8) is 0 Å². The molecular weight excluding hydrogens is 238 g/mol. The minimum absolute atomic E-state index is 0.126. The third-order valence-electron chi connectivity index (χ3n) is 3.66. The number of fused-ring (bicyclic) bond motifs is 1. The molecule has 1 unspecified atom stereocenters. The van der Waals surface area contributed by atoms with Gasteiger partial charge in [0.05, 0.1) is 6.10 Å². The van der Waals surface area contributed by atoms with Gasteiger partial charge < -0.3 is 9.84 Å². The second-order valence-corrected chi connectivity index (χ2v) is 5.13. The molecule has 0 bridgehead atoms. The molecule has 2 atom stereocenters. The Morgan fingerprint density at radius 3 is 2.84 bits per heavy atom. The van der Waals surface area contributed by atoms with E-state index >= 15 is 0 Å². The molecule has 0 saturated heterocycles. The van der Waals surface area contributed by atoms with Crippen LogP contribution in [0, 0.1) is 13.8 Å². The molecule has 1 N–H and O–H groups in total. The number of aliphatic hydroxyl groups excluding tert-OH is 1. The van der Waals surface area contributed by atoms with Crippen LogP contribution in [-0.4, -0.2) is 10.1 Å². The summed E-state index contributed by atoms with van der Waals surface area (Å²) in [5.74, 6) is 0.776. The van der Waals surface area contributed by atoms with Gasteiger partial charge in [0.15, 0.2) is 0 Å². The van der Waals surface area contributed by atoms with Crippen LogP contribution < -0.4 is 4.74 Å². The molecule has 1 aromatic heterocycles. The highest BCUT2D eigenvalue weighted by atomic mass is 16.5. The zero-order chi connectivity index (χ0) is 13.4. The Bertz CT molecular complexity index is 609. The lowest BCUT2D eigenvalue weighted by atomic mass is 9.93. The number of rotatable bonds is 1. The molecule has 0 saturated carbocycles. The summed E-state index contributed by atoms with van der Waals surface area (Å²) in [6, 6.07) is 7.90. The van der Waals surface area contributed by atoms with Gasteiger partial charge in [0.25, 0.3) is 0 Å². The Balaban J connectivity index is 1.97. The van der Waals surface area contributed by atoms with Crippen LogP contribution in [0.15, 0.2) is 36.7 Å². The van der Waals surface area contributed by atoms with Crippen LogP contribution in [0.3, 0.4) is 0 Å². The summed E-state index contributed by atoms with van der Waals surface area (Å²) < 4.78 is 6.02. The van der Waals surface area contributed by atoms with Gasteiger partial charge in [0.1, 0.15) is 11.9 Å². The molecule has 1 aromatic carbocycles. The third kappa shape index (κ3) is 2.22. The fourth-order valence-electron chi connectivity index (χ4n) is 2.57. The van der Waals surface area contributed by atoms with Crippen LogP contribution in [0.4, 0.5) is 0 Å². The van der Waals surface area contributed by atoms with E-state index in [0.717, 1.165) is 28.0 Å². The Morgan fingerprint density at radius 1 is 1.21 bits per heavy atom. The van der Waals surface area contributed by atoms with Crippen LogP contribution in [0.2, 0.25) is 0 Å². The number of aliphatic hydroxyl groups is 1. The predicted molar refractivity (Wildman–Crippen MR) is 73.1 cm³/mol. The average molecular weight is 255 g/mol. The van der Waals surface area contributed by atoms with Crippen LogP contribution in [0.1, 0.15) is 40.9 Å². The van der Waals surface area contributed by atoms with E-state index in [1.807, 2.05) is 44.3 Å². The average Bonchev–Trinajstić information content (AvgIpc) is 2.40. The zero-order valence-corrected chi connectivity index (χ0v) is 11.1.